The number of nitrogens with zero attached hydrogens (tertiary/aromatic N) is 3. The van der Waals surface area contributed by atoms with E-state index in [4.69, 9.17) is 4.74 Å². The first kappa shape index (κ1) is 16.5. The molecule has 0 N–H and O–H groups in total. The summed E-state index contributed by atoms with van der Waals surface area (Å²) in [7, 11) is 1.16. The second kappa shape index (κ2) is 6.78. The first-order valence-electron chi connectivity index (χ1n) is 6.12. The van der Waals surface area contributed by atoms with E-state index < -0.39 is 30.1 Å². The fraction of sp³-hybridized carbons (Fsp3) is 0.462. The zero-order valence-electron chi connectivity index (χ0n) is 12.3. The summed E-state index contributed by atoms with van der Waals surface area (Å²) in [5.74, 6) is -1.54. The summed E-state index contributed by atoms with van der Waals surface area (Å²) in [4.78, 5) is 43.8. The molecule has 0 saturated heterocycles. The van der Waals surface area contributed by atoms with Gasteiger partial charge in [-0.05, 0) is 20.8 Å². The topological polar surface area (TPSA) is 98.7 Å². The van der Waals surface area contributed by atoms with Crippen molar-refractivity contribution in [1.82, 2.24) is 14.9 Å². The van der Waals surface area contributed by atoms with Crippen LogP contribution >= 0.6 is 0 Å². The van der Waals surface area contributed by atoms with Crippen molar-refractivity contribution in [2.24, 2.45) is 0 Å². The molecule has 0 spiro atoms. The number of amides is 2. The number of imide groups is 1. The zero-order chi connectivity index (χ0) is 16.0. The van der Waals surface area contributed by atoms with E-state index in [1.807, 2.05) is 0 Å². The van der Waals surface area contributed by atoms with Crippen molar-refractivity contribution in [3.63, 3.8) is 0 Å². The Bertz CT molecular complexity index is 524. The Kier molecular flexibility index (Phi) is 5.34. The smallest absolute Gasteiger partial charge is 0.417 e. The Hall–Kier alpha value is -2.51. The first-order chi connectivity index (χ1) is 9.74. The predicted octanol–water partition coefficient (Wildman–Crippen LogP) is 1.03. The SMILES string of the molecule is COC(=O)CN(C(=O)OC(C)(C)C)C(=O)c1cnccn1. The van der Waals surface area contributed by atoms with E-state index in [0.29, 0.717) is 4.90 Å². The second-order valence-electron chi connectivity index (χ2n) is 5.04. The monoisotopic (exact) mass is 295 g/mol. The van der Waals surface area contributed by atoms with E-state index in [0.717, 1.165) is 7.11 Å². The van der Waals surface area contributed by atoms with Gasteiger partial charge in [-0.25, -0.2) is 14.7 Å². The van der Waals surface area contributed by atoms with Gasteiger partial charge in [0.25, 0.3) is 5.91 Å². The highest BCUT2D eigenvalue weighted by Gasteiger charge is 2.30. The Morgan fingerprint density at radius 3 is 2.38 bits per heavy atom. The highest BCUT2D eigenvalue weighted by atomic mass is 16.6. The van der Waals surface area contributed by atoms with Gasteiger partial charge in [-0.15, -0.1) is 0 Å². The third-order valence-electron chi connectivity index (χ3n) is 2.16. The van der Waals surface area contributed by atoms with Gasteiger partial charge in [-0.3, -0.25) is 14.6 Å². The van der Waals surface area contributed by atoms with Gasteiger partial charge in [-0.1, -0.05) is 0 Å². The molecule has 0 aliphatic carbocycles. The molecule has 0 aliphatic heterocycles. The Labute approximate surface area is 122 Å². The molecule has 114 valence electrons. The van der Waals surface area contributed by atoms with Crippen LogP contribution in [0.1, 0.15) is 31.3 Å². The van der Waals surface area contributed by atoms with Crippen molar-refractivity contribution in [3.05, 3.63) is 24.3 Å². The number of ether oxygens (including phenoxy) is 2. The molecule has 0 saturated carbocycles. The van der Waals surface area contributed by atoms with Crippen LogP contribution in [0.2, 0.25) is 0 Å². The maximum Gasteiger partial charge on any atom is 0.417 e. The minimum Gasteiger partial charge on any atom is -0.468 e. The molecular weight excluding hydrogens is 278 g/mol. The average Bonchev–Trinajstić information content (AvgIpc) is 2.42. The molecule has 0 fully saturated rings. The molecular formula is C13H17N3O5. The summed E-state index contributed by atoms with van der Waals surface area (Å²) in [5.41, 5.74) is -0.888. The molecule has 1 aromatic rings. The molecule has 0 aliphatic rings. The molecule has 21 heavy (non-hydrogen) atoms. The highest BCUT2D eigenvalue weighted by molar-refractivity contribution is 6.03. The van der Waals surface area contributed by atoms with Crippen LogP contribution in [0.15, 0.2) is 18.6 Å². The number of methoxy groups -OCH3 is 1. The Morgan fingerprint density at radius 2 is 1.90 bits per heavy atom. The maximum absolute atomic E-state index is 12.2. The summed E-state index contributed by atoms with van der Waals surface area (Å²) < 4.78 is 9.57. The summed E-state index contributed by atoms with van der Waals surface area (Å²) >= 11 is 0. The van der Waals surface area contributed by atoms with Crippen molar-refractivity contribution < 1.29 is 23.9 Å². The average molecular weight is 295 g/mol. The van der Waals surface area contributed by atoms with Crippen LogP contribution in [-0.2, 0) is 14.3 Å². The van der Waals surface area contributed by atoms with Crippen molar-refractivity contribution in [2.45, 2.75) is 26.4 Å². The van der Waals surface area contributed by atoms with E-state index in [1.54, 1.807) is 20.8 Å². The maximum atomic E-state index is 12.2. The van der Waals surface area contributed by atoms with Gasteiger partial charge in [0.2, 0.25) is 0 Å². The number of rotatable bonds is 3. The van der Waals surface area contributed by atoms with E-state index >= 15 is 0 Å². The molecule has 0 unspecified atom stereocenters. The fourth-order valence-electron chi connectivity index (χ4n) is 1.28. The number of hydrogen-bond acceptors (Lipinski definition) is 7. The van der Waals surface area contributed by atoms with Gasteiger partial charge in [0.15, 0.2) is 0 Å². The predicted molar refractivity (Wildman–Crippen MR) is 71.3 cm³/mol. The Balaban J connectivity index is 2.99. The first-order valence-corrected chi connectivity index (χ1v) is 6.12. The number of aromatic nitrogens is 2. The number of hydrogen-bond donors (Lipinski definition) is 0. The van der Waals surface area contributed by atoms with Crippen LogP contribution in [-0.4, -0.2) is 52.1 Å². The largest absolute Gasteiger partial charge is 0.468 e. The van der Waals surface area contributed by atoms with Crippen molar-refractivity contribution >= 4 is 18.0 Å². The van der Waals surface area contributed by atoms with Gasteiger partial charge in [-0.2, -0.15) is 0 Å². The van der Waals surface area contributed by atoms with E-state index in [2.05, 4.69) is 14.7 Å². The molecule has 1 aromatic heterocycles. The van der Waals surface area contributed by atoms with Gasteiger partial charge in [0, 0.05) is 12.4 Å². The van der Waals surface area contributed by atoms with Crippen molar-refractivity contribution in [3.8, 4) is 0 Å². The minimum atomic E-state index is -0.955. The molecule has 8 heteroatoms. The lowest BCUT2D eigenvalue weighted by molar-refractivity contribution is -0.141. The standard InChI is InChI=1S/C13H17N3O5/c1-13(2,3)21-12(19)16(8-10(17)20-4)11(18)9-7-14-5-6-15-9/h5-7H,8H2,1-4H3. The molecule has 0 radical (unpaired) electrons. The van der Waals surface area contributed by atoms with Crippen LogP contribution in [0.25, 0.3) is 0 Å². The van der Waals surface area contributed by atoms with Crippen LogP contribution in [0.3, 0.4) is 0 Å². The van der Waals surface area contributed by atoms with Gasteiger partial charge in [0.05, 0.1) is 13.3 Å². The second-order valence-corrected chi connectivity index (χ2v) is 5.04. The number of carbonyl (C=O) groups is 3. The minimum absolute atomic E-state index is 0.0766. The lowest BCUT2D eigenvalue weighted by atomic mass is 10.2. The molecule has 1 heterocycles. The normalized spacial score (nSPS) is 10.7. The molecule has 0 atom stereocenters. The third kappa shape index (κ3) is 5.17. The fourth-order valence-corrected chi connectivity index (χ4v) is 1.28. The summed E-state index contributed by atoms with van der Waals surface area (Å²) in [5, 5.41) is 0. The summed E-state index contributed by atoms with van der Waals surface area (Å²) in [6.07, 6.45) is 2.92. The quantitative estimate of drug-likeness (QED) is 0.768. The lowest BCUT2D eigenvalue weighted by Gasteiger charge is -2.25. The Morgan fingerprint density at radius 1 is 1.24 bits per heavy atom. The van der Waals surface area contributed by atoms with Crippen molar-refractivity contribution in [2.75, 3.05) is 13.7 Å². The molecule has 2 amide bonds. The van der Waals surface area contributed by atoms with Gasteiger partial charge < -0.3 is 9.47 Å². The van der Waals surface area contributed by atoms with Crippen LogP contribution in [0, 0.1) is 0 Å². The molecule has 0 bridgehead atoms. The molecule has 8 nitrogen and oxygen atoms in total. The zero-order valence-corrected chi connectivity index (χ0v) is 12.3. The van der Waals surface area contributed by atoms with E-state index in [-0.39, 0.29) is 5.69 Å². The highest BCUT2D eigenvalue weighted by Crippen LogP contribution is 2.12. The number of carbonyl (C=O) groups excluding carboxylic acids is 3. The van der Waals surface area contributed by atoms with Gasteiger partial charge >= 0.3 is 12.1 Å². The van der Waals surface area contributed by atoms with Gasteiger partial charge in [0.1, 0.15) is 17.8 Å². The van der Waals surface area contributed by atoms with Crippen LogP contribution < -0.4 is 0 Å². The van der Waals surface area contributed by atoms with Crippen molar-refractivity contribution in [1.29, 1.82) is 0 Å². The summed E-state index contributed by atoms with van der Waals surface area (Å²) in [6, 6.07) is 0. The third-order valence-corrected chi connectivity index (χ3v) is 2.16. The molecule has 0 aromatic carbocycles. The van der Waals surface area contributed by atoms with Crippen LogP contribution in [0.5, 0.6) is 0 Å². The van der Waals surface area contributed by atoms with Crippen LogP contribution in [0.4, 0.5) is 4.79 Å². The number of esters is 1. The lowest BCUT2D eigenvalue weighted by Crippen LogP contribution is -2.44. The summed E-state index contributed by atoms with van der Waals surface area (Å²) in [6.45, 7) is 4.37. The van der Waals surface area contributed by atoms with E-state index in [1.165, 1.54) is 18.6 Å². The molecule has 1 rings (SSSR count). The van der Waals surface area contributed by atoms with E-state index in [9.17, 15) is 14.4 Å².